The fourth-order valence-electron chi connectivity index (χ4n) is 1.91. The molecule has 1 aromatic carbocycles. The van der Waals surface area contributed by atoms with E-state index in [0.717, 1.165) is 41.0 Å². The number of aliphatic hydroxyl groups is 1. The molecule has 0 spiro atoms. The largest absolute Gasteiger partial charge is 0.490 e. The fraction of sp³-hybridized carbons (Fsp3) is 0.538. The highest BCUT2D eigenvalue weighted by atomic mass is 79.9. The van der Waals surface area contributed by atoms with E-state index in [-0.39, 0.29) is 6.61 Å². The van der Waals surface area contributed by atoms with Gasteiger partial charge in [-0.3, -0.25) is 4.90 Å². The Labute approximate surface area is 129 Å². The lowest BCUT2D eigenvalue weighted by Gasteiger charge is -2.28. The number of benzene rings is 1. The minimum absolute atomic E-state index is 0.289. The van der Waals surface area contributed by atoms with E-state index in [1.165, 1.54) is 0 Å². The Bertz CT molecular complexity index is 411. The summed E-state index contributed by atoms with van der Waals surface area (Å²) in [5.74, 6) is 0.740. The molecule has 0 aromatic heterocycles. The molecule has 0 unspecified atom stereocenters. The van der Waals surface area contributed by atoms with Gasteiger partial charge in [0.15, 0.2) is 0 Å². The normalized spacial score (nSPS) is 18.3. The minimum Gasteiger partial charge on any atom is -0.490 e. The van der Waals surface area contributed by atoms with Gasteiger partial charge in [0.2, 0.25) is 0 Å². The van der Waals surface area contributed by atoms with E-state index in [9.17, 15) is 5.11 Å². The zero-order valence-corrected chi connectivity index (χ0v) is 13.7. The summed E-state index contributed by atoms with van der Waals surface area (Å²) in [4.78, 5) is 2.19. The SMILES string of the molecule is O[C@@H](COc1ccc(Br)cc1Br)CN1CCOCC1. The fourth-order valence-corrected chi connectivity index (χ4v) is 3.07. The van der Waals surface area contributed by atoms with E-state index in [1.54, 1.807) is 0 Å². The third-order valence-corrected chi connectivity index (χ3v) is 4.01. The maximum absolute atomic E-state index is 9.98. The Morgan fingerprint density at radius 1 is 1.32 bits per heavy atom. The van der Waals surface area contributed by atoms with Gasteiger partial charge in [0, 0.05) is 24.1 Å². The van der Waals surface area contributed by atoms with Gasteiger partial charge < -0.3 is 14.6 Å². The number of hydrogen-bond acceptors (Lipinski definition) is 4. The van der Waals surface area contributed by atoms with Gasteiger partial charge in [0.05, 0.1) is 17.7 Å². The quantitative estimate of drug-likeness (QED) is 0.831. The number of rotatable bonds is 5. The van der Waals surface area contributed by atoms with Crippen LogP contribution in [-0.4, -0.2) is 55.6 Å². The van der Waals surface area contributed by atoms with Crippen LogP contribution in [-0.2, 0) is 4.74 Å². The molecule has 1 aliphatic rings. The van der Waals surface area contributed by atoms with Gasteiger partial charge in [0.25, 0.3) is 0 Å². The summed E-state index contributed by atoms with van der Waals surface area (Å²) < 4.78 is 12.8. The van der Waals surface area contributed by atoms with Crippen LogP contribution in [0.1, 0.15) is 0 Å². The third-order valence-electron chi connectivity index (χ3n) is 2.90. The van der Waals surface area contributed by atoms with Crippen molar-refractivity contribution in [2.45, 2.75) is 6.10 Å². The standard InChI is InChI=1S/C13H17Br2NO3/c14-10-1-2-13(12(15)7-10)19-9-11(17)8-16-3-5-18-6-4-16/h1-2,7,11,17H,3-6,8-9H2/t11-/m1/s1. The maximum atomic E-state index is 9.98. The number of morpholine rings is 1. The van der Waals surface area contributed by atoms with Crippen LogP contribution >= 0.6 is 31.9 Å². The monoisotopic (exact) mass is 393 g/mol. The molecule has 1 saturated heterocycles. The Balaban J connectivity index is 1.77. The second-order valence-electron chi connectivity index (χ2n) is 4.45. The lowest BCUT2D eigenvalue weighted by atomic mass is 10.3. The molecule has 1 N–H and O–H groups in total. The van der Waals surface area contributed by atoms with Crippen LogP contribution in [0.4, 0.5) is 0 Å². The molecule has 0 saturated carbocycles. The van der Waals surface area contributed by atoms with Crippen molar-refractivity contribution in [3.63, 3.8) is 0 Å². The molecular formula is C13H17Br2NO3. The maximum Gasteiger partial charge on any atom is 0.133 e. The van der Waals surface area contributed by atoms with Crippen LogP contribution in [0.5, 0.6) is 5.75 Å². The minimum atomic E-state index is -0.492. The van der Waals surface area contributed by atoms with E-state index in [2.05, 4.69) is 36.8 Å². The van der Waals surface area contributed by atoms with Crippen LogP contribution in [0, 0.1) is 0 Å². The summed E-state index contributed by atoms with van der Waals surface area (Å²) in [5, 5.41) is 9.98. The van der Waals surface area contributed by atoms with Gasteiger partial charge in [-0.15, -0.1) is 0 Å². The first-order valence-electron chi connectivity index (χ1n) is 6.21. The number of aliphatic hydroxyl groups excluding tert-OH is 1. The highest BCUT2D eigenvalue weighted by molar-refractivity contribution is 9.11. The van der Waals surface area contributed by atoms with Gasteiger partial charge in [-0.2, -0.15) is 0 Å². The molecule has 1 aliphatic heterocycles. The zero-order chi connectivity index (χ0) is 13.7. The molecule has 0 bridgehead atoms. The first-order valence-corrected chi connectivity index (χ1v) is 7.80. The average Bonchev–Trinajstić information content (AvgIpc) is 2.39. The molecule has 1 aromatic rings. The van der Waals surface area contributed by atoms with Crippen LogP contribution in [0.15, 0.2) is 27.1 Å². The summed E-state index contributed by atoms with van der Waals surface area (Å²) in [6.45, 7) is 4.14. The summed E-state index contributed by atoms with van der Waals surface area (Å²) in [5.41, 5.74) is 0. The molecule has 1 fully saturated rings. The summed E-state index contributed by atoms with van der Waals surface area (Å²) in [6, 6.07) is 5.70. The lowest BCUT2D eigenvalue weighted by Crippen LogP contribution is -2.42. The predicted octanol–water partition coefficient (Wildman–Crippen LogP) is 2.28. The van der Waals surface area contributed by atoms with Gasteiger partial charge in [0.1, 0.15) is 18.5 Å². The predicted molar refractivity (Wildman–Crippen MR) is 80.6 cm³/mol. The number of ether oxygens (including phenoxy) is 2. The second kappa shape index (κ2) is 7.59. The molecule has 1 heterocycles. The van der Waals surface area contributed by atoms with Crippen LogP contribution in [0.2, 0.25) is 0 Å². The summed E-state index contributed by atoms with van der Waals surface area (Å²) >= 11 is 6.82. The molecule has 4 nitrogen and oxygen atoms in total. The number of nitrogens with zero attached hydrogens (tertiary/aromatic N) is 1. The summed E-state index contributed by atoms with van der Waals surface area (Å²) in [7, 11) is 0. The van der Waals surface area contributed by atoms with Gasteiger partial charge in [-0.25, -0.2) is 0 Å². The summed E-state index contributed by atoms with van der Waals surface area (Å²) in [6.07, 6.45) is -0.492. The molecule has 6 heteroatoms. The topological polar surface area (TPSA) is 41.9 Å². The van der Waals surface area contributed by atoms with E-state index in [0.29, 0.717) is 6.54 Å². The van der Waals surface area contributed by atoms with E-state index in [4.69, 9.17) is 9.47 Å². The highest BCUT2D eigenvalue weighted by Gasteiger charge is 2.15. The van der Waals surface area contributed by atoms with E-state index in [1.807, 2.05) is 18.2 Å². The zero-order valence-electron chi connectivity index (χ0n) is 10.5. The van der Waals surface area contributed by atoms with Crippen LogP contribution in [0.25, 0.3) is 0 Å². The number of hydrogen-bond donors (Lipinski definition) is 1. The number of β-amino-alcohol motifs (C(OH)–C–C–N with tert-alkyl or cyclic N) is 1. The molecule has 106 valence electrons. The van der Waals surface area contributed by atoms with E-state index < -0.39 is 6.10 Å². The first-order chi connectivity index (χ1) is 9.15. The second-order valence-corrected chi connectivity index (χ2v) is 6.22. The Kier molecular flexibility index (Phi) is 6.09. The average molecular weight is 395 g/mol. The molecule has 1 atom stereocenters. The van der Waals surface area contributed by atoms with Crippen molar-refractivity contribution in [1.29, 1.82) is 0 Å². The van der Waals surface area contributed by atoms with Gasteiger partial charge in [-0.05, 0) is 34.1 Å². The van der Waals surface area contributed by atoms with Gasteiger partial charge in [-0.1, -0.05) is 15.9 Å². The van der Waals surface area contributed by atoms with E-state index >= 15 is 0 Å². The number of halogens is 2. The first kappa shape index (κ1) is 15.3. The highest BCUT2D eigenvalue weighted by Crippen LogP contribution is 2.28. The van der Waals surface area contributed by atoms with Crippen LogP contribution in [0.3, 0.4) is 0 Å². The van der Waals surface area contributed by atoms with Crippen molar-refractivity contribution in [3.05, 3.63) is 27.1 Å². The van der Waals surface area contributed by atoms with Crippen molar-refractivity contribution < 1.29 is 14.6 Å². The molecule has 19 heavy (non-hydrogen) atoms. The smallest absolute Gasteiger partial charge is 0.133 e. The van der Waals surface area contributed by atoms with Crippen LogP contribution < -0.4 is 4.74 Å². The molecule has 0 radical (unpaired) electrons. The van der Waals surface area contributed by atoms with Crippen molar-refractivity contribution in [3.8, 4) is 5.75 Å². The molecular weight excluding hydrogens is 378 g/mol. The van der Waals surface area contributed by atoms with Crippen molar-refractivity contribution >= 4 is 31.9 Å². The van der Waals surface area contributed by atoms with Crippen molar-refractivity contribution in [1.82, 2.24) is 4.90 Å². The van der Waals surface area contributed by atoms with Crippen molar-refractivity contribution in [2.75, 3.05) is 39.5 Å². The lowest BCUT2D eigenvalue weighted by molar-refractivity contribution is 0.00459. The molecule has 0 amide bonds. The van der Waals surface area contributed by atoms with Gasteiger partial charge >= 0.3 is 0 Å². The Morgan fingerprint density at radius 2 is 2.05 bits per heavy atom. The Hall–Kier alpha value is -0.140. The Morgan fingerprint density at radius 3 is 2.74 bits per heavy atom. The molecule has 0 aliphatic carbocycles. The molecule has 2 rings (SSSR count). The van der Waals surface area contributed by atoms with Crippen molar-refractivity contribution in [2.24, 2.45) is 0 Å². The third kappa shape index (κ3) is 5.04.